The standard InChI is InChI=1S/C13H18FN3/c1-9(7-8-15)17(3)12-6-4-5-11(14)13(12)10(2)16/h4-6,9-10H,7,16H2,1-3H3. The quantitative estimate of drug-likeness (QED) is 0.872. The van der Waals surface area contributed by atoms with Crippen LogP contribution >= 0.6 is 0 Å². The Bertz CT molecular complexity index is 423. The number of nitrogens with two attached hydrogens (primary N) is 1. The van der Waals surface area contributed by atoms with Crippen LogP contribution in [-0.4, -0.2) is 13.1 Å². The molecule has 0 aromatic heterocycles. The Morgan fingerprint density at radius 2 is 2.12 bits per heavy atom. The number of halogens is 1. The minimum atomic E-state index is -0.372. The van der Waals surface area contributed by atoms with E-state index in [1.165, 1.54) is 6.07 Å². The molecule has 2 unspecified atom stereocenters. The highest BCUT2D eigenvalue weighted by molar-refractivity contribution is 5.55. The lowest BCUT2D eigenvalue weighted by Gasteiger charge is -2.28. The first-order chi connectivity index (χ1) is 7.99. The van der Waals surface area contributed by atoms with Crippen LogP contribution in [0.1, 0.15) is 31.9 Å². The molecule has 0 saturated carbocycles. The number of hydrogen-bond acceptors (Lipinski definition) is 3. The highest BCUT2D eigenvalue weighted by Crippen LogP contribution is 2.28. The summed E-state index contributed by atoms with van der Waals surface area (Å²) in [6.07, 6.45) is 0.394. The Morgan fingerprint density at radius 1 is 1.47 bits per heavy atom. The lowest BCUT2D eigenvalue weighted by atomic mass is 10.0. The van der Waals surface area contributed by atoms with Crippen LogP contribution < -0.4 is 10.6 Å². The summed E-state index contributed by atoms with van der Waals surface area (Å²) in [5.41, 5.74) is 7.05. The predicted octanol–water partition coefficient (Wildman–Crippen LogP) is 2.58. The Kier molecular flexibility index (Phi) is 4.47. The van der Waals surface area contributed by atoms with Crippen molar-refractivity contribution in [3.05, 3.63) is 29.6 Å². The highest BCUT2D eigenvalue weighted by atomic mass is 19.1. The highest BCUT2D eigenvalue weighted by Gasteiger charge is 2.18. The molecule has 3 nitrogen and oxygen atoms in total. The number of rotatable bonds is 4. The molecular weight excluding hydrogens is 217 g/mol. The first-order valence-corrected chi connectivity index (χ1v) is 5.62. The van der Waals surface area contributed by atoms with Crippen LogP contribution in [0.3, 0.4) is 0 Å². The second-order valence-electron chi connectivity index (χ2n) is 4.28. The molecule has 0 amide bonds. The van der Waals surface area contributed by atoms with Gasteiger partial charge < -0.3 is 10.6 Å². The zero-order valence-electron chi connectivity index (χ0n) is 10.4. The summed E-state index contributed by atoms with van der Waals surface area (Å²) in [5.74, 6) is -0.298. The summed E-state index contributed by atoms with van der Waals surface area (Å²) in [6, 6.07) is 6.67. The molecule has 0 aliphatic rings. The van der Waals surface area contributed by atoms with Gasteiger partial charge in [0.15, 0.2) is 0 Å². The normalized spacial score (nSPS) is 13.9. The molecule has 0 fully saturated rings. The van der Waals surface area contributed by atoms with Gasteiger partial charge in [0.2, 0.25) is 0 Å². The number of nitrogens with zero attached hydrogens (tertiary/aromatic N) is 2. The molecule has 0 spiro atoms. The van der Waals surface area contributed by atoms with Crippen LogP contribution in [0.25, 0.3) is 0 Å². The Hall–Kier alpha value is -1.60. The molecule has 0 heterocycles. The number of benzene rings is 1. The average Bonchev–Trinajstić information content (AvgIpc) is 2.27. The summed E-state index contributed by atoms with van der Waals surface area (Å²) in [5, 5.41) is 8.69. The molecule has 0 bridgehead atoms. The lowest BCUT2D eigenvalue weighted by molar-refractivity contribution is 0.589. The minimum absolute atomic E-state index is 0.0271. The van der Waals surface area contributed by atoms with Crippen molar-refractivity contribution in [2.75, 3.05) is 11.9 Å². The monoisotopic (exact) mass is 235 g/mol. The fraction of sp³-hybridized carbons (Fsp3) is 0.462. The maximum absolute atomic E-state index is 13.7. The van der Waals surface area contributed by atoms with E-state index in [4.69, 9.17) is 11.0 Å². The van der Waals surface area contributed by atoms with Crippen molar-refractivity contribution in [3.63, 3.8) is 0 Å². The molecule has 0 radical (unpaired) electrons. The Balaban J connectivity index is 3.13. The van der Waals surface area contributed by atoms with E-state index in [1.807, 2.05) is 24.9 Å². The third-order valence-corrected chi connectivity index (χ3v) is 2.91. The van der Waals surface area contributed by atoms with E-state index in [2.05, 4.69) is 6.07 Å². The zero-order chi connectivity index (χ0) is 13.0. The van der Waals surface area contributed by atoms with Crippen molar-refractivity contribution in [1.29, 1.82) is 5.26 Å². The molecule has 0 saturated heterocycles. The van der Waals surface area contributed by atoms with Gasteiger partial charge in [-0.25, -0.2) is 4.39 Å². The summed E-state index contributed by atoms with van der Waals surface area (Å²) in [6.45, 7) is 3.68. The van der Waals surface area contributed by atoms with Crippen molar-refractivity contribution in [3.8, 4) is 6.07 Å². The number of nitriles is 1. The summed E-state index contributed by atoms with van der Waals surface area (Å²) in [4.78, 5) is 1.89. The fourth-order valence-electron chi connectivity index (χ4n) is 1.79. The van der Waals surface area contributed by atoms with Gasteiger partial charge >= 0.3 is 0 Å². The summed E-state index contributed by atoms with van der Waals surface area (Å²) < 4.78 is 13.7. The van der Waals surface area contributed by atoms with Crippen molar-refractivity contribution in [2.24, 2.45) is 5.73 Å². The van der Waals surface area contributed by atoms with E-state index < -0.39 is 0 Å². The van der Waals surface area contributed by atoms with Crippen LogP contribution in [0.2, 0.25) is 0 Å². The molecule has 1 aromatic rings. The van der Waals surface area contributed by atoms with Gasteiger partial charge in [-0.15, -0.1) is 0 Å². The van der Waals surface area contributed by atoms with Gasteiger partial charge in [-0.2, -0.15) is 5.26 Å². The minimum Gasteiger partial charge on any atom is -0.370 e. The largest absolute Gasteiger partial charge is 0.370 e. The van der Waals surface area contributed by atoms with E-state index in [0.717, 1.165) is 5.69 Å². The van der Waals surface area contributed by atoms with Crippen LogP contribution in [0.5, 0.6) is 0 Å². The van der Waals surface area contributed by atoms with Gasteiger partial charge in [0.05, 0.1) is 12.5 Å². The first kappa shape index (κ1) is 13.5. The van der Waals surface area contributed by atoms with E-state index in [1.54, 1.807) is 13.0 Å². The first-order valence-electron chi connectivity index (χ1n) is 5.62. The van der Waals surface area contributed by atoms with Gasteiger partial charge in [-0.3, -0.25) is 0 Å². The molecular formula is C13H18FN3. The Morgan fingerprint density at radius 3 is 2.65 bits per heavy atom. The summed E-state index contributed by atoms with van der Waals surface area (Å²) in [7, 11) is 1.85. The third kappa shape index (κ3) is 2.95. The van der Waals surface area contributed by atoms with Crippen LogP contribution in [0.4, 0.5) is 10.1 Å². The van der Waals surface area contributed by atoms with Gasteiger partial charge in [0, 0.05) is 30.4 Å². The van der Waals surface area contributed by atoms with Gasteiger partial charge in [0.1, 0.15) is 5.82 Å². The molecule has 1 aromatic carbocycles. The van der Waals surface area contributed by atoms with Gasteiger partial charge in [-0.1, -0.05) is 6.07 Å². The maximum Gasteiger partial charge on any atom is 0.130 e. The van der Waals surface area contributed by atoms with E-state index in [-0.39, 0.29) is 17.9 Å². The number of anilines is 1. The number of hydrogen-bond donors (Lipinski definition) is 1. The molecule has 17 heavy (non-hydrogen) atoms. The van der Waals surface area contributed by atoms with Crippen molar-refractivity contribution in [1.82, 2.24) is 0 Å². The fourth-order valence-corrected chi connectivity index (χ4v) is 1.79. The SMILES string of the molecule is CC(N)c1c(F)cccc1N(C)C(C)CC#N. The second-order valence-corrected chi connectivity index (χ2v) is 4.28. The molecule has 2 atom stereocenters. The predicted molar refractivity (Wildman–Crippen MR) is 67.1 cm³/mol. The molecule has 0 aliphatic heterocycles. The van der Waals surface area contributed by atoms with Gasteiger partial charge in [0.25, 0.3) is 0 Å². The van der Waals surface area contributed by atoms with E-state index in [9.17, 15) is 4.39 Å². The topological polar surface area (TPSA) is 53.0 Å². The molecule has 2 N–H and O–H groups in total. The van der Waals surface area contributed by atoms with Crippen molar-refractivity contribution >= 4 is 5.69 Å². The van der Waals surface area contributed by atoms with E-state index >= 15 is 0 Å². The molecule has 1 rings (SSSR count). The van der Waals surface area contributed by atoms with Crippen LogP contribution in [-0.2, 0) is 0 Å². The maximum atomic E-state index is 13.7. The Labute approximate surface area is 102 Å². The third-order valence-electron chi connectivity index (χ3n) is 2.91. The van der Waals surface area contributed by atoms with Crippen molar-refractivity contribution < 1.29 is 4.39 Å². The molecule has 4 heteroatoms. The van der Waals surface area contributed by atoms with Crippen molar-refractivity contribution in [2.45, 2.75) is 32.4 Å². The molecule has 0 aliphatic carbocycles. The van der Waals surface area contributed by atoms with Crippen LogP contribution in [0, 0.1) is 17.1 Å². The lowest BCUT2D eigenvalue weighted by Crippen LogP contribution is -2.30. The second kappa shape index (κ2) is 5.65. The summed E-state index contributed by atoms with van der Waals surface area (Å²) >= 11 is 0. The van der Waals surface area contributed by atoms with Crippen LogP contribution in [0.15, 0.2) is 18.2 Å². The van der Waals surface area contributed by atoms with E-state index in [0.29, 0.717) is 12.0 Å². The average molecular weight is 235 g/mol. The smallest absolute Gasteiger partial charge is 0.130 e. The van der Waals surface area contributed by atoms with Gasteiger partial charge in [-0.05, 0) is 26.0 Å². The molecule has 92 valence electrons. The zero-order valence-corrected chi connectivity index (χ0v) is 10.4.